The molecule has 3 rings (SSSR count). The van der Waals surface area contributed by atoms with Crippen LogP contribution in [-0.4, -0.2) is 47.0 Å². The van der Waals surface area contributed by atoms with Gasteiger partial charge in [-0.15, -0.1) is 0 Å². The topological polar surface area (TPSA) is 77.3 Å². The third-order valence-electron chi connectivity index (χ3n) is 3.58. The molecule has 1 saturated heterocycles. The van der Waals surface area contributed by atoms with Crippen molar-refractivity contribution in [2.24, 2.45) is 7.05 Å². The number of rotatable bonds is 3. The van der Waals surface area contributed by atoms with Crippen molar-refractivity contribution in [2.45, 2.75) is 18.1 Å². The highest BCUT2D eigenvalue weighted by Gasteiger charge is 2.33. The van der Waals surface area contributed by atoms with Gasteiger partial charge in [-0.1, -0.05) is 6.07 Å². The second-order valence-corrected chi connectivity index (χ2v) is 7.25. The molecule has 0 radical (unpaired) electrons. The second kappa shape index (κ2) is 5.79. The number of imidazole rings is 1. The minimum Gasteiger partial charge on any atom is -0.369 e. The van der Waals surface area contributed by atoms with Gasteiger partial charge in [0.25, 0.3) is 10.0 Å². The maximum atomic E-state index is 12.6. The van der Waals surface area contributed by atoms with Gasteiger partial charge in [-0.3, -0.25) is 4.98 Å². The van der Waals surface area contributed by atoms with Crippen molar-refractivity contribution in [2.75, 3.05) is 19.7 Å². The van der Waals surface area contributed by atoms with Crippen molar-refractivity contribution in [3.63, 3.8) is 0 Å². The van der Waals surface area contributed by atoms with Gasteiger partial charge in [-0.05, 0) is 18.6 Å². The third-order valence-corrected chi connectivity index (χ3v) is 5.33. The van der Waals surface area contributed by atoms with Crippen molar-refractivity contribution in [1.29, 1.82) is 0 Å². The van der Waals surface area contributed by atoms with Crippen molar-refractivity contribution in [3.8, 4) is 0 Å². The van der Waals surface area contributed by atoms with Gasteiger partial charge in [-0.25, -0.2) is 13.4 Å². The summed E-state index contributed by atoms with van der Waals surface area (Å²) in [4.78, 5) is 8.28. The second-order valence-electron chi connectivity index (χ2n) is 5.36. The van der Waals surface area contributed by atoms with Crippen LogP contribution in [0.4, 0.5) is 0 Å². The number of morpholine rings is 1. The molecular weight excluding hydrogens is 304 g/mol. The Morgan fingerprint density at radius 1 is 1.32 bits per heavy atom. The summed E-state index contributed by atoms with van der Waals surface area (Å²) in [6.45, 7) is 2.86. The smallest absolute Gasteiger partial charge is 0.262 e. The van der Waals surface area contributed by atoms with Crippen LogP contribution in [-0.2, 0) is 21.8 Å². The van der Waals surface area contributed by atoms with E-state index < -0.39 is 10.0 Å². The van der Waals surface area contributed by atoms with Gasteiger partial charge in [-0.2, -0.15) is 4.31 Å². The van der Waals surface area contributed by atoms with Gasteiger partial charge >= 0.3 is 0 Å². The molecule has 1 atom stereocenters. The summed E-state index contributed by atoms with van der Waals surface area (Å²) in [5.74, 6) is 0. The molecule has 0 saturated carbocycles. The maximum absolute atomic E-state index is 12.6. The van der Waals surface area contributed by atoms with E-state index in [1.807, 2.05) is 19.1 Å². The lowest BCUT2D eigenvalue weighted by molar-refractivity contribution is -0.00500. The van der Waals surface area contributed by atoms with Crippen LogP contribution in [0.3, 0.4) is 0 Å². The first-order valence-corrected chi connectivity index (χ1v) is 8.43. The zero-order valence-electron chi connectivity index (χ0n) is 12.5. The summed E-state index contributed by atoms with van der Waals surface area (Å²) < 4.78 is 33.9. The van der Waals surface area contributed by atoms with Crippen LogP contribution < -0.4 is 0 Å². The van der Waals surface area contributed by atoms with Crippen LogP contribution in [0.1, 0.15) is 17.4 Å². The Kier molecular flexibility index (Phi) is 3.98. The summed E-state index contributed by atoms with van der Waals surface area (Å²) in [5, 5.41) is 0.0625. The van der Waals surface area contributed by atoms with E-state index >= 15 is 0 Å². The Morgan fingerprint density at radius 2 is 2.14 bits per heavy atom. The summed E-state index contributed by atoms with van der Waals surface area (Å²) in [6, 6.07) is 3.81. The van der Waals surface area contributed by atoms with E-state index in [-0.39, 0.29) is 17.7 Å². The number of hydrogen-bond acceptors (Lipinski definition) is 5. The molecule has 7 nitrogen and oxygen atoms in total. The molecule has 0 spiro atoms. The van der Waals surface area contributed by atoms with Crippen LogP contribution in [0, 0.1) is 6.92 Å². The molecule has 118 valence electrons. The fraction of sp³-hybridized carbons (Fsp3) is 0.429. The number of nitrogens with zero attached hydrogens (tertiary/aromatic N) is 4. The highest BCUT2D eigenvalue weighted by Crippen LogP contribution is 2.24. The van der Waals surface area contributed by atoms with E-state index in [1.54, 1.807) is 17.8 Å². The van der Waals surface area contributed by atoms with Crippen LogP contribution >= 0.6 is 0 Å². The van der Waals surface area contributed by atoms with Gasteiger partial charge in [0.05, 0.1) is 18.6 Å². The molecule has 0 aliphatic carbocycles. The normalized spacial score (nSPS) is 20.2. The lowest BCUT2D eigenvalue weighted by Gasteiger charge is -2.31. The maximum Gasteiger partial charge on any atom is 0.262 e. The molecule has 1 aliphatic heterocycles. The molecule has 22 heavy (non-hydrogen) atoms. The number of aromatic nitrogens is 3. The summed E-state index contributed by atoms with van der Waals surface area (Å²) in [5.41, 5.74) is 1.80. The molecule has 0 amide bonds. The highest BCUT2D eigenvalue weighted by atomic mass is 32.2. The van der Waals surface area contributed by atoms with Crippen molar-refractivity contribution in [3.05, 3.63) is 42.1 Å². The van der Waals surface area contributed by atoms with Gasteiger partial charge in [0, 0.05) is 32.5 Å². The first-order chi connectivity index (χ1) is 10.5. The lowest BCUT2D eigenvalue weighted by atomic mass is 10.2. The zero-order chi connectivity index (χ0) is 15.7. The predicted octanol–water partition coefficient (Wildman–Crippen LogP) is 0.886. The molecule has 3 heterocycles. The molecule has 0 bridgehead atoms. The molecule has 8 heteroatoms. The summed E-state index contributed by atoms with van der Waals surface area (Å²) in [6.07, 6.45) is 4.38. The largest absolute Gasteiger partial charge is 0.369 e. The number of aryl methyl sites for hydroxylation is 2. The Labute approximate surface area is 129 Å². The first-order valence-electron chi connectivity index (χ1n) is 6.99. The van der Waals surface area contributed by atoms with Crippen LogP contribution in [0.25, 0.3) is 0 Å². The van der Waals surface area contributed by atoms with E-state index in [2.05, 4.69) is 9.97 Å². The number of ether oxygens (including phenoxy) is 1. The van der Waals surface area contributed by atoms with Crippen LogP contribution in [0.2, 0.25) is 0 Å². The van der Waals surface area contributed by atoms with Crippen LogP contribution in [0.5, 0.6) is 0 Å². The Morgan fingerprint density at radius 3 is 2.77 bits per heavy atom. The number of pyridine rings is 1. The van der Waals surface area contributed by atoms with Crippen molar-refractivity contribution >= 4 is 10.0 Å². The first kappa shape index (κ1) is 15.1. The average molecular weight is 322 g/mol. The van der Waals surface area contributed by atoms with E-state index in [0.717, 1.165) is 11.3 Å². The zero-order valence-corrected chi connectivity index (χ0v) is 13.3. The third kappa shape index (κ3) is 2.90. The highest BCUT2D eigenvalue weighted by molar-refractivity contribution is 7.89. The molecule has 2 aromatic heterocycles. The molecule has 1 unspecified atom stereocenters. The number of hydrogen-bond donors (Lipinski definition) is 0. The SMILES string of the molecule is Cc1ccc(C2CN(S(=O)(=O)c3cn(C)cn3)CCO2)nc1. The van der Waals surface area contributed by atoms with E-state index in [9.17, 15) is 8.42 Å². The Balaban J connectivity index is 1.82. The minimum absolute atomic E-state index is 0.0625. The van der Waals surface area contributed by atoms with E-state index in [4.69, 9.17) is 4.74 Å². The molecule has 1 fully saturated rings. The average Bonchev–Trinajstić information content (AvgIpc) is 2.95. The lowest BCUT2D eigenvalue weighted by Crippen LogP contribution is -2.42. The molecular formula is C14H18N4O3S. The number of sulfonamides is 1. The fourth-order valence-electron chi connectivity index (χ4n) is 2.35. The summed E-state index contributed by atoms with van der Waals surface area (Å²) >= 11 is 0. The van der Waals surface area contributed by atoms with E-state index in [1.165, 1.54) is 16.8 Å². The molecule has 0 aromatic carbocycles. The Hall–Kier alpha value is -1.77. The van der Waals surface area contributed by atoms with Gasteiger partial charge < -0.3 is 9.30 Å². The van der Waals surface area contributed by atoms with Gasteiger partial charge in [0.15, 0.2) is 5.03 Å². The Bertz CT molecular complexity index is 755. The molecule has 0 N–H and O–H groups in total. The standard InChI is InChI=1S/C14H18N4O3S/c1-11-3-4-12(15-7-11)13-8-18(5-6-21-13)22(19,20)14-9-17(2)10-16-14/h3-4,7,9-10,13H,5-6,8H2,1-2H3. The predicted molar refractivity (Wildman–Crippen MR) is 79.6 cm³/mol. The van der Waals surface area contributed by atoms with Gasteiger partial charge in [0.1, 0.15) is 6.10 Å². The fourth-order valence-corrected chi connectivity index (χ4v) is 3.74. The summed E-state index contributed by atoms with van der Waals surface area (Å²) in [7, 11) is -1.86. The van der Waals surface area contributed by atoms with Crippen molar-refractivity contribution < 1.29 is 13.2 Å². The van der Waals surface area contributed by atoms with Gasteiger partial charge in [0.2, 0.25) is 0 Å². The van der Waals surface area contributed by atoms with E-state index in [0.29, 0.717) is 13.2 Å². The van der Waals surface area contributed by atoms with Crippen molar-refractivity contribution in [1.82, 2.24) is 18.8 Å². The molecule has 1 aliphatic rings. The minimum atomic E-state index is -3.60. The monoisotopic (exact) mass is 322 g/mol. The van der Waals surface area contributed by atoms with Crippen LogP contribution in [0.15, 0.2) is 35.9 Å². The quantitative estimate of drug-likeness (QED) is 0.838. The molecule has 2 aromatic rings.